The van der Waals surface area contributed by atoms with Crippen LogP contribution >= 0.6 is 22.7 Å². The van der Waals surface area contributed by atoms with Crippen LogP contribution in [0.2, 0.25) is 0 Å². The number of aromatic nitrogens is 2. The first kappa shape index (κ1) is 10.7. The Bertz CT molecular complexity index is 433. The lowest BCUT2D eigenvalue weighted by Gasteiger charge is -2.06. The lowest BCUT2D eigenvalue weighted by molar-refractivity contribution is 0.658. The van der Waals surface area contributed by atoms with Crippen LogP contribution in [-0.2, 0) is 0 Å². The van der Waals surface area contributed by atoms with Crippen molar-refractivity contribution < 1.29 is 0 Å². The van der Waals surface area contributed by atoms with E-state index in [1.54, 1.807) is 22.7 Å². The summed E-state index contributed by atoms with van der Waals surface area (Å²) in [7, 11) is 1.97. The largest absolute Gasteiger partial charge is 0.312 e. The molecule has 3 nitrogen and oxygen atoms in total. The summed E-state index contributed by atoms with van der Waals surface area (Å²) in [4.78, 5) is 10.1. The Morgan fingerprint density at radius 1 is 1.40 bits per heavy atom. The van der Waals surface area contributed by atoms with Gasteiger partial charge in [0.2, 0.25) is 0 Å². The maximum Gasteiger partial charge on any atom is 0.152 e. The highest BCUT2D eigenvalue weighted by molar-refractivity contribution is 7.20. The molecule has 0 aliphatic rings. The van der Waals surface area contributed by atoms with Gasteiger partial charge in [-0.15, -0.1) is 22.7 Å². The molecule has 80 valence electrons. The molecule has 0 fully saturated rings. The van der Waals surface area contributed by atoms with Crippen molar-refractivity contribution in [2.45, 2.75) is 19.9 Å². The van der Waals surface area contributed by atoms with Gasteiger partial charge in [0.1, 0.15) is 0 Å². The zero-order valence-corrected chi connectivity index (χ0v) is 10.6. The third kappa shape index (κ3) is 2.09. The van der Waals surface area contributed by atoms with Crippen molar-refractivity contribution in [1.82, 2.24) is 15.3 Å². The van der Waals surface area contributed by atoms with Crippen LogP contribution in [-0.4, -0.2) is 17.0 Å². The van der Waals surface area contributed by atoms with Crippen molar-refractivity contribution in [1.29, 1.82) is 0 Å². The van der Waals surface area contributed by atoms with E-state index >= 15 is 0 Å². The van der Waals surface area contributed by atoms with Crippen molar-refractivity contribution in [3.63, 3.8) is 0 Å². The SMILES string of the molecule is CNC(C)c1sc(-c2nccs2)nc1C. The van der Waals surface area contributed by atoms with Gasteiger partial charge in [-0.3, -0.25) is 0 Å². The third-order valence-corrected chi connectivity index (χ3v) is 4.53. The summed E-state index contributed by atoms with van der Waals surface area (Å²) < 4.78 is 0. The van der Waals surface area contributed by atoms with E-state index < -0.39 is 0 Å². The average molecular weight is 239 g/mol. The zero-order chi connectivity index (χ0) is 10.8. The van der Waals surface area contributed by atoms with Crippen LogP contribution in [0, 0.1) is 6.92 Å². The van der Waals surface area contributed by atoms with Gasteiger partial charge in [-0.1, -0.05) is 0 Å². The minimum absolute atomic E-state index is 0.358. The van der Waals surface area contributed by atoms with Gasteiger partial charge < -0.3 is 5.32 Å². The summed E-state index contributed by atoms with van der Waals surface area (Å²) in [5.41, 5.74) is 1.10. The summed E-state index contributed by atoms with van der Waals surface area (Å²) in [6.45, 7) is 4.20. The van der Waals surface area contributed by atoms with Gasteiger partial charge in [0.15, 0.2) is 10.0 Å². The van der Waals surface area contributed by atoms with Crippen molar-refractivity contribution in [2.75, 3.05) is 7.05 Å². The van der Waals surface area contributed by atoms with E-state index in [4.69, 9.17) is 0 Å². The molecule has 1 unspecified atom stereocenters. The fraction of sp³-hybridized carbons (Fsp3) is 0.400. The van der Waals surface area contributed by atoms with Gasteiger partial charge in [0.25, 0.3) is 0 Å². The second-order valence-corrected chi connectivity index (χ2v) is 5.24. The molecule has 0 spiro atoms. The maximum absolute atomic E-state index is 4.55. The van der Waals surface area contributed by atoms with Crippen LogP contribution in [0.15, 0.2) is 11.6 Å². The van der Waals surface area contributed by atoms with E-state index in [0.717, 1.165) is 15.7 Å². The summed E-state index contributed by atoms with van der Waals surface area (Å²) in [5.74, 6) is 0. The van der Waals surface area contributed by atoms with Gasteiger partial charge in [0.05, 0.1) is 5.69 Å². The molecule has 0 aliphatic carbocycles. The minimum atomic E-state index is 0.358. The molecule has 0 aromatic carbocycles. The quantitative estimate of drug-likeness (QED) is 0.895. The van der Waals surface area contributed by atoms with Gasteiger partial charge in [-0.2, -0.15) is 0 Å². The molecule has 0 aliphatic heterocycles. The summed E-state index contributed by atoms with van der Waals surface area (Å²) in [6.07, 6.45) is 1.82. The smallest absolute Gasteiger partial charge is 0.152 e. The van der Waals surface area contributed by atoms with Crippen LogP contribution in [0.4, 0.5) is 0 Å². The van der Waals surface area contributed by atoms with Crippen LogP contribution in [0.5, 0.6) is 0 Å². The molecular formula is C10H13N3S2. The normalized spacial score (nSPS) is 13.0. The average Bonchev–Trinajstić information content (AvgIpc) is 2.84. The predicted octanol–water partition coefficient (Wildman–Crippen LogP) is 2.86. The number of hydrogen-bond donors (Lipinski definition) is 1. The predicted molar refractivity (Wildman–Crippen MR) is 65.4 cm³/mol. The number of thiazole rings is 2. The van der Waals surface area contributed by atoms with Gasteiger partial charge in [0, 0.05) is 22.5 Å². The van der Waals surface area contributed by atoms with E-state index in [-0.39, 0.29) is 0 Å². The Morgan fingerprint density at radius 3 is 2.80 bits per heavy atom. The molecule has 2 rings (SSSR count). The number of hydrogen-bond acceptors (Lipinski definition) is 5. The van der Waals surface area contributed by atoms with Crippen molar-refractivity contribution in [3.05, 3.63) is 22.1 Å². The van der Waals surface area contributed by atoms with E-state index in [1.807, 2.05) is 18.6 Å². The molecule has 1 N–H and O–H groups in total. The van der Waals surface area contributed by atoms with Crippen LogP contribution in [0.25, 0.3) is 10.0 Å². The first-order valence-electron chi connectivity index (χ1n) is 4.77. The van der Waals surface area contributed by atoms with E-state index in [9.17, 15) is 0 Å². The van der Waals surface area contributed by atoms with Crippen LogP contribution in [0.3, 0.4) is 0 Å². The Kier molecular flexibility index (Phi) is 3.14. The minimum Gasteiger partial charge on any atom is -0.312 e. The van der Waals surface area contributed by atoms with Gasteiger partial charge in [-0.05, 0) is 20.9 Å². The van der Waals surface area contributed by atoms with E-state index in [2.05, 4.69) is 29.1 Å². The Labute approximate surface area is 97.2 Å². The molecule has 0 saturated heterocycles. The van der Waals surface area contributed by atoms with E-state index in [1.165, 1.54) is 4.88 Å². The van der Waals surface area contributed by atoms with Crippen molar-refractivity contribution in [2.24, 2.45) is 0 Å². The monoisotopic (exact) mass is 239 g/mol. The fourth-order valence-electron chi connectivity index (χ4n) is 1.36. The Hall–Kier alpha value is -0.780. The first-order chi connectivity index (χ1) is 7.22. The molecular weight excluding hydrogens is 226 g/mol. The van der Waals surface area contributed by atoms with Crippen LogP contribution < -0.4 is 5.32 Å². The lowest BCUT2D eigenvalue weighted by Crippen LogP contribution is -2.11. The molecule has 15 heavy (non-hydrogen) atoms. The second-order valence-electron chi connectivity index (χ2n) is 3.32. The summed E-state index contributed by atoms with van der Waals surface area (Å²) in [6, 6.07) is 0.358. The van der Waals surface area contributed by atoms with E-state index in [0.29, 0.717) is 6.04 Å². The first-order valence-corrected chi connectivity index (χ1v) is 6.46. The molecule has 0 saturated carbocycles. The molecule has 2 heterocycles. The van der Waals surface area contributed by atoms with Crippen molar-refractivity contribution in [3.8, 4) is 10.0 Å². The number of aryl methyl sites for hydroxylation is 1. The van der Waals surface area contributed by atoms with Gasteiger partial charge >= 0.3 is 0 Å². The highest BCUT2D eigenvalue weighted by Gasteiger charge is 2.14. The molecule has 2 aromatic heterocycles. The topological polar surface area (TPSA) is 37.8 Å². The van der Waals surface area contributed by atoms with Gasteiger partial charge in [-0.25, -0.2) is 9.97 Å². The zero-order valence-electron chi connectivity index (χ0n) is 8.94. The molecule has 0 bridgehead atoms. The Balaban J connectivity index is 2.37. The highest BCUT2D eigenvalue weighted by atomic mass is 32.1. The number of nitrogens with zero attached hydrogens (tertiary/aromatic N) is 2. The number of rotatable bonds is 3. The second kappa shape index (κ2) is 4.38. The molecule has 0 radical (unpaired) electrons. The van der Waals surface area contributed by atoms with Crippen LogP contribution in [0.1, 0.15) is 23.5 Å². The highest BCUT2D eigenvalue weighted by Crippen LogP contribution is 2.32. The molecule has 0 amide bonds. The summed E-state index contributed by atoms with van der Waals surface area (Å²) in [5, 5.41) is 7.25. The maximum atomic E-state index is 4.55. The fourth-order valence-corrected chi connectivity index (χ4v) is 3.17. The molecule has 5 heteroatoms. The standard InChI is InChI=1S/C10H13N3S2/c1-6(11-3)8-7(2)13-10(15-8)9-12-4-5-14-9/h4-6,11H,1-3H3. The summed E-state index contributed by atoms with van der Waals surface area (Å²) >= 11 is 3.36. The third-order valence-electron chi connectivity index (χ3n) is 2.27. The molecule has 1 atom stereocenters. The Morgan fingerprint density at radius 2 is 2.20 bits per heavy atom. The lowest BCUT2D eigenvalue weighted by atomic mass is 10.2. The van der Waals surface area contributed by atoms with Crippen molar-refractivity contribution >= 4 is 22.7 Å². The molecule has 2 aromatic rings. The number of nitrogens with one attached hydrogen (secondary N) is 1.